The van der Waals surface area contributed by atoms with Crippen LogP contribution in [0.4, 0.5) is 4.79 Å². The smallest absolute Gasteiger partial charge is 0.317 e. The van der Waals surface area contributed by atoms with Gasteiger partial charge in [0.05, 0.1) is 12.1 Å². The van der Waals surface area contributed by atoms with Gasteiger partial charge in [0.25, 0.3) is 0 Å². The van der Waals surface area contributed by atoms with Gasteiger partial charge in [0.15, 0.2) is 0 Å². The Labute approximate surface area is 132 Å². The Morgan fingerprint density at radius 2 is 2.09 bits per heavy atom. The summed E-state index contributed by atoms with van der Waals surface area (Å²) in [5.41, 5.74) is 2.58. The van der Waals surface area contributed by atoms with Gasteiger partial charge in [0, 0.05) is 13.6 Å². The molecule has 3 unspecified atom stereocenters. The van der Waals surface area contributed by atoms with Gasteiger partial charge in [-0.25, -0.2) is 4.79 Å². The predicted molar refractivity (Wildman–Crippen MR) is 86.6 cm³/mol. The van der Waals surface area contributed by atoms with Crippen LogP contribution in [0.2, 0.25) is 0 Å². The number of carbonyl (C=O) groups is 1. The standard InChI is InChI=1S/C18H26N2O2/c1-12-7-8-13-5-3-4-6-15(13)17(12)19-18(22)20(2)11-16(21)14-9-10-14/h3-6,12,14,16-17,21H,7-11H2,1-2H3,(H,19,22). The Kier molecular flexibility index (Phi) is 4.39. The molecule has 2 aliphatic rings. The third kappa shape index (κ3) is 3.27. The molecule has 1 fully saturated rings. The van der Waals surface area contributed by atoms with Crippen molar-refractivity contribution in [2.24, 2.45) is 11.8 Å². The molecule has 0 saturated heterocycles. The van der Waals surface area contributed by atoms with Crippen molar-refractivity contribution in [1.82, 2.24) is 10.2 Å². The summed E-state index contributed by atoms with van der Waals surface area (Å²) in [6.07, 6.45) is 3.97. The summed E-state index contributed by atoms with van der Waals surface area (Å²) in [6.45, 7) is 2.61. The summed E-state index contributed by atoms with van der Waals surface area (Å²) in [7, 11) is 1.76. The number of likely N-dealkylation sites (N-methyl/N-ethyl adjacent to an activating group) is 1. The second-order valence-corrected chi connectivity index (χ2v) is 6.93. The maximum absolute atomic E-state index is 12.4. The summed E-state index contributed by atoms with van der Waals surface area (Å²) < 4.78 is 0. The monoisotopic (exact) mass is 302 g/mol. The molecular formula is C18H26N2O2. The van der Waals surface area contributed by atoms with Crippen molar-refractivity contribution in [3.8, 4) is 0 Å². The van der Waals surface area contributed by atoms with E-state index in [-0.39, 0.29) is 18.2 Å². The van der Waals surface area contributed by atoms with Gasteiger partial charge in [-0.1, -0.05) is 31.2 Å². The zero-order chi connectivity index (χ0) is 15.7. The van der Waals surface area contributed by atoms with Gasteiger partial charge in [-0.15, -0.1) is 0 Å². The minimum Gasteiger partial charge on any atom is -0.391 e. The number of nitrogens with zero attached hydrogens (tertiary/aromatic N) is 1. The molecule has 0 spiro atoms. The molecule has 2 N–H and O–H groups in total. The highest BCUT2D eigenvalue weighted by Gasteiger charge is 2.32. The Hall–Kier alpha value is -1.55. The third-order valence-electron chi connectivity index (χ3n) is 5.08. The minimum atomic E-state index is -0.383. The molecule has 2 aliphatic carbocycles. The summed E-state index contributed by atoms with van der Waals surface area (Å²) in [5, 5.41) is 13.2. The molecule has 3 rings (SSSR count). The second-order valence-electron chi connectivity index (χ2n) is 6.93. The highest BCUT2D eigenvalue weighted by atomic mass is 16.3. The van der Waals surface area contributed by atoms with E-state index in [4.69, 9.17) is 0 Å². The molecule has 1 saturated carbocycles. The molecule has 1 aromatic carbocycles. The molecule has 3 atom stereocenters. The second kappa shape index (κ2) is 6.29. The molecule has 4 nitrogen and oxygen atoms in total. The number of aliphatic hydroxyl groups excluding tert-OH is 1. The normalized spacial score (nSPS) is 25.2. The first kappa shape index (κ1) is 15.3. The van der Waals surface area contributed by atoms with Crippen molar-refractivity contribution in [3.05, 3.63) is 35.4 Å². The van der Waals surface area contributed by atoms with E-state index in [2.05, 4.69) is 30.4 Å². The lowest BCUT2D eigenvalue weighted by Crippen LogP contribution is -2.45. The minimum absolute atomic E-state index is 0.0676. The zero-order valence-corrected chi connectivity index (χ0v) is 13.5. The molecule has 1 aromatic rings. The number of aliphatic hydroxyl groups is 1. The van der Waals surface area contributed by atoms with Gasteiger partial charge >= 0.3 is 6.03 Å². The molecule has 0 heterocycles. The van der Waals surface area contributed by atoms with E-state index in [1.807, 2.05) is 6.07 Å². The number of carbonyl (C=O) groups excluding carboxylic acids is 1. The molecule has 4 heteroatoms. The number of hydrogen-bond donors (Lipinski definition) is 2. The lowest BCUT2D eigenvalue weighted by molar-refractivity contribution is 0.111. The maximum atomic E-state index is 12.4. The van der Waals surface area contributed by atoms with E-state index < -0.39 is 0 Å². The largest absolute Gasteiger partial charge is 0.391 e. The predicted octanol–water partition coefficient (Wildman–Crippen LogP) is 2.72. The number of fused-ring (bicyclic) bond motifs is 1. The van der Waals surface area contributed by atoms with Crippen LogP contribution in [0.1, 0.15) is 43.4 Å². The maximum Gasteiger partial charge on any atom is 0.317 e. The SMILES string of the molecule is CC1CCc2ccccc2C1NC(=O)N(C)CC(O)C1CC1. The van der Waals surface area contributed by atoms with Crippen molar-refractivity contribution in [3.63, 3.8) is 0 Å². The van der Waals surface area contributed by atoms with Gasteiger partial charge in [0.2, 0.25) is 0 Å². The number of aryl methyl sites for hydroxylation is 1. The molecule has 0 aliphatic heterocycles. The van der Waals surface area contributed by atoms with Crippen molar-refractivity contribution < 1.29 is 9.90 Å². The zero-order valence-electron chi connectivity index (χ0n) is 13.5. The number of rotatable bonds is 4. The van der Waals surface area contributed by atoms with Crippen molar-refractivity contribution in [2.75, 3.05) is 13.6 Å². The Bertz CT molecular complexity index is 542. The van der Waals surface area contributed by atoms with E-state index in [0.29, 0.717) is 18.4 Å². The van der Waals surface area contributed by atoms with Gasteiger partial charge in [-0.2, -0.15) is 0 Å². The first-order valence-corrected chi connectivity index (χ1v) is 8.33. The van der Waals surface area contributed by atoms with Crippen LogP contribution in [0.3, 0.4) is 0 Å². The summed E-state index contributed by atoms with van der Waals surface area (Å²) in [5.74, 6) is 0.824. The molecule has 2 amide bonds. The van der Waals surface area contributed by atoms with E-state index >= 15 is 0 Å². The average molecular weight is 302 g/mol. The van der Waals surface area contributed by atoms with Crippen LogP contribution < -0.4 is 5.32 Å². The van der Waals surface area contributed by atoms with Crippen molar-refractivity contribution in [1.29, 1.82) is 0 Å². The van der Waals surface area contributed by atoms with Crippen molar-refractivity contribution in [2.45, 2.75) is 44.8 Å². The van der Waals surface area contributed by atoms with Crippen LogP contribution in [0, 0.1) is 11.8 Å². The molecule has 0 radical (unpaired) electrons. The molecule has 0 aromatic heterocycles. The number of benzene rings is 1. The molecule has 0 bridgehead atoms. The van der Waals surface area contributed by atoms with Crippen LogP contribution in [-0.2, 0) is 6.42 Å². The summed E-state index contributed by atoms with van der Waals surface area (Å²) >= 11 is 0. The van der Waals surface area contributed by atoms with Gasteiger partial charge in [0.1, 0.15) is 0 Å². The van der Waals surface area contributed by atoms with Crippen LogP contribution in [-0.4, -0.2) is 35.7 Å². The average Bonchev–Trinajstić information content (AvgIpc) is 3.34. The Morgan fingerprint density at radius 3 is 2.82 bits per heavy atom. The number of hydrogen-bond acceptors (Lipinski definition) is 2. The first-order chi connectivity index (χ1) is 10.6. The summed E-state index contributed by atoms with van der Waals surface area (Å²) in [4.78, 5) is 14.1. The first-order valence-electron chi connectivity index (χ1n) is 8.33. The van der Waals surface area contributed by atoms with Crippen LogP contribution in [0.5, 0.6) is 0 Å². The Morgan fingerprint density at radius 1 is 1.36 bits per heavy atom. The Balaban J connectivity index is 1.65. The van der Waals surface area contributed by atoms with Crippen molar-refractivity contribution >= 4 is 6.03 Å². The number of amides is 2. The van der Waals surface area contributed by atoms with Gasteiger partial charge in [-0.3, -0.25) is 0 Å². The molecule has 22 heavy (non-hydrogen) atoms. The lowest BCUT2D eigenvalue weighted by Gasteiger charge is -2.33. The van der Waals surface area contributed by atoms with Crippen LogP contribution in [0.15, 0.2) is 24.3 Å². The highest BCUT2D eigenvalue weighted by Crippen LogP contribution is 2.34. The fourth-order valence-corrected chi connectivity index (χ4v) is 3.38. The van der Waals surface area contributed by atoms with E-state index in [1.165, 1.54) is 11.1 Å². The topological polar surface area (TPSA) is 52.6 Å². The van der Waals surface area contributed by atoms with E-state index in [9.17, 15) is 9.90 Å². The third-order valence-corrected chi connectivity index (χ3v) is 5.08. The molecule has 120 valence electrons. The van der Waals surface area contributed by atoms with Gasteiger partial charge < -0.3 is 15.3 Å². The molecular weight excluding hydrogens is 276 g/mol. The van der Waals surface area contributed by atoms with Crippen LogP contribution in [0.25, 0.3) is 0 Å². The van der Waals surface area contributed by atoms with E-state index in [1.54, 1.807) is 11.9 Å². The fraction of sp³-hybridized carbons (Fsp3) is 0.611. The fourth-order valence-electron chi connectivity index (χ4n) is 3.38. The summed E-state index contributed by atoms with van der Waals surface area (Å²) in [6, 6.07) is 8.35. The number of nitrogens with one attached hydrogen (secondary N) is 1. The quantitative estimate of drug-likeness (QED) is 0.898. The lowest BCUT2D eigenvalue weighted by atomic mass is 9.81. The highest BCUT2D eigenvalue weighted by molar-refractivity contribution is 5.74. The number of urea groups is 1. The van der Waals surface area contributed by atoms with E-state index in [0.717, 1.165) is 25.7 Å². The van der Waals surface area contributed by atoms with Gasteiger partial charge in [-0.05, 0) is 48.6 Å². The van der Waals surface area contributed by atoms with Crippen LogP contribution >= 0.6 is 0 Å².